The van der Waals surface area contributed by atoms with Crippen LogP contribution in [-0.4, -0.2) is 16.5 Å². The molecule has 0 radical (unpaired) electrons. The molecule has 0 aliphatic carbocycles. The van der Waals surface area contributed by atoms with Crippen molar-refractivity contribution in [3.05, 3.63) is 79.9 Å². The molecular formula is C17H15BrN2O2. The Bertz CT molecular complexity index is 827. The van der Waals surface area contributed by atoms with Gasteiger partial charge >= 0.3 is 0 Å². The van der Waals surface area contributed by atoms with Crippen LogP contribution in [0.1, 0.15) is 22.7 Å². The lowest BCUT2D eigenvalue weighted by Gasteiger charge is -2.14. The summed E-state index contributed by atoms with van der Waals surface area (Å²) in [4.78, 5) is 14.3. The van der Waals surface area contributed by atoms with Crippen molar-refractivity contribution in [3.8, 4) is 0 Å². The molecule has 5 heteroatoms. The molecule has 3 aromatic rings. The van der Waals surface area contributed by atoms with Crippen molar-refractivity contribution in [3.63, 3.8) is 0 Å². The number of hydrogen-bond donors (Lipinski definition) is 1. The van der Waals surface area contributed by atoms with E-state index >= 15 is 0 Å². The minimum Gasteiger partial charge on any atom is -0.358 e. The second-order valence-corrected chi connectivity index (χ2v) is 6.25. The maximum absolute atomic E-state index is 11.2. The molecule has 0 fully saturated rings. The maximum Gasteiger partial charge on any atom is 0.214 e. The summed E-state index contributed by atoms with van der Waals surface area (Å²) in [7, 11) is 0. The zero-order valence-electron chi connectivity index (χ0n) is 12.0. The monoisotopic (exact) mass is 358 g/mol. The summed E-state index contributed by atoms with van der Waals surface area (Å²) < 4.78 is 0.966. The minimum absolute atomic E-state index is 0.121. The van der Waals surface area contributed by atoms with Gasteiger partial charge in [-0.25, -0.2) is 0 Å². The normalized spacial score (nSPS) is 12.5. The van der Waals surface area contributed by atoms with Crippen LogP contribution < -0.4 is 0 Å². The molecule has 0 saturated carbocycles. The number of hydrogen-bond acceptors (Lipinski definition) is 2. The molecule has 0 aliphatic heterocycles. The quantitative estimate of drug-likeness (QED) is 0.545. The highest BCUT2D eigenvalue weighted by Crippen LogP contribution is 2.35. The second-order valence-electron chi connectivity index (χ2n) is 5.33. The Morgan fingerprint density at radius 1 is 1.23 bits per heavy atom. The van der Waals surface area contributed by atoms with Crippen LogP contribution in [0.3, 0.4) is 0 Å². The van der Waals surface area contributed by atoms with Gasteiger partial charge in [-0.15, -0.1) is 0 Å². The van der Waals surface area contributed by atoms with E-state index in [9.17, 15) is 10.1 Å². The van der Waals surface area contributed by atoms with Crippen molar-refractivity contribution < 1.29 is 4.92 Å². The van der Waals surface area contributed by atoms with Crippen molar-refractivity contribution in [1.29, 1.82) is 0 Å². The predicted molar refractivity (Wildman–Crippen MR) is 90.9 cm³/mol. The minimum atomic E-state index is -0.265. The zero-order valence-corrected chi connectivity index (χ0v) is 13.6. The lowest BCUT2D eigenvalue weighted by molar-refractivity contribution is -0.481. The lowest BCUT2D eigenvalue weighted by atomic mass is 9.89. The van der Waals surface area contributed by atoms with E-state index in [2.05, 4.69) is 20.9 Å². The molecule has 0 aliphatic rings. The van der Waals surface area contributed by atoms with Crippen molar-refractivity contribution in [1.82, 2.24) is 4.98 Å². The molecule has 3 rings (SSSR count). The summed E-state index contributed by atoms with van der Waals surface area (Å²) >= 11 is 3.48. The number of aryl methyl sites for hydroxylation is 1. The molecule has 1 aromatic heterocycles. The largest absolute Gasteiger partial charge is 0.358 e. The van der Waals surface area contributed by atoms with Crippen LogP contribution in [-0.2, 0) is 0 Å². The summed E-state index contributed by atoms with van der Waals surface area (Å²) in [5, 5.41) is 12.2. The molecule has 112 valence electrons. The SMILES string of the molecule is Cc1[nH]c2ccc(Br)cc2c1C(C[N+](=O)[O-])c1ccccc1. The molecule has 0 spiro atoms. The fourth-order valence-electron chi connectivity index (χ4n) is 2.97. The third-order valence-corrected chi connectivity index (χ3v) is 4.37. The number of benzene rings is 2. The van der Waals surface area contributed by atoms with Crippen LogP contribution in [0.25, 0.3) is 10.9 Å². The molecule has 22 heavy (non-hydrogen) atoms. The summed E-state index contributed by atoms with van der Waals surface area (Å²) in [6.07, 6.45) is 0. The summed E-state index contributed by atoms with van der Waals surface area (Å²) in [5.41, 5.74) is 3.94. The third kappa shape index (κ3) is 2.76. The molecule has 0 bridgehead atoms. The van der Waals surface area contributed by atoms with E-state index in [1.54, 1.807) is 0 Å². The van der Waals surface area contributed by atoms with Crippen LogP contribution >= 0.6 is 15.9 Å². The van der Waals surface area contributed by atoms with Crippen molar-refractivity contribution >= 4 is 26.8 Å². The topological polar surface area (TPSA) is 58.9 Å². The fourth-order valence-corrected chi connectivity index (χ4v) is 3.33. The van der Waals surface area contributed by atoms with Crippen LogP contribution in [0, 0.1) is 17.0 Å². The maximum atomic E-state index is 11.2. The van der Waals surface area contributed by atoms with Crippen LogP contribution in [0.2, 0.25) is 0 Å². The van der Waals surface area contributed by atoms with Crippen LogP contribution in [0.4, 0.5) is 0 Å². The Balaban J connectivity index is 2.22. The Labute approximate surface area is 136 Å². The number of nitrogens with one attached hydrogen (secondary N) is 1. The van der Waals surface area contributed by atoms with E-state index in [1.807, 2.05) is 55.5 Å². The van der Waals surface area contributed by atoms with Gasteiger partial charge in [0.25, 0.3) is 0 Å². The standard InChI is InChI=1S/C17H15BrN2O2/c1-11-17(14-9-13(18)7-8-16(14)19-11)15(10-20(21)22)12-5-3-2-4-6-12/h2-9,15,19H,10H2,1H3. The third-order valence-electron chi connectivity index (χ3n) is 3.88. The van der Waals surface area contributed by atoms with Crippen molar-refractivity contribution in [2.45, 2.75) is 12.8 Å². The number of rotatable bonds is 4. The number of halogens is 1. The summed E-state index contributed by atoms with van der Waals surface area (Å²) in [6.45, 7) is 1.85. The van der Waals surface area contributed by atoms with Crippen molar-refractivity contribution in [2.24, 2.45) is 0 Å². The zero-order chi connectivity index (χ0) is 15.7. The van der Waals surface area contributed by atoms with Gasteiger partial charge in [0.2, 0.25) is 6.54 Å². The van der Waals surface area contributed by atoms with Gasteiger partial charge in [-0.2, -0.15) is 0 Å². The molecule has 1 atom stereocenters. The summed E-state index contributed by atoms with van der Waals surface area (Å²) in [5.74, 6) is -0.265. The molecule has 0 saturated heterocycles. The van der Waals surface area contributed by atoms with E-state index in [4.69, 9.17) is 0 Å². The van der Waals surface area contributed by atoms with Gasteiger partial charge in [-0.05, 0) is 36.2 Å². The molecule has 2 aromatic carbocycles. The van der Waals surface area contributed by atoms with Crippen molar-refractivity contribution in [2.75, 3.05) is 6.54 Å². The van der Waals surface area contributed by atoms with Crippen LogP contribution in [0.5, 0.6) is 0 Å². The number of nitrogens with zero attached hydrogens (tertiary/aromatic N) is 1. The first-order valence-corrected chi connectivity index (χ1v) is 7.80. The first-order chi connectivity index (χ1) is 10.6. The van der Waals surface area contributed by atoms with Gasteiger partial charge in [0.1, 0.15) is 0 Å². The predicted octanol–water partition coefficient (Wildman–Crippen LogP) is 4.65. The number of aromatic amines is 1. The molecule has 1 unspecified atom stereocenters. The molecular weight excluding hydrogens is 344 g/mol. The molecule has 4 nitrogen and oxygen atoms in total. The van der Waals surface area contributed by atoms with Gasteiger partial charge in [0, 0.05) is 26.0 Å². The first-order valence-electron chi connectivity index (χ1n) is 7.00. The van der Waals surface area contributed by atoms with E-state index in [0.717, 1.165) is 32.2 Å². The summed E-state index contributed by atoms with van der Waals surface area (Å²) in [6, 6.07) is 15.6. The van der Waals surface area contributed by atoms with Crippen LogP contribution in [0.15, 0.2) is 53.0 Å². The number of fused-ring (bicyclic) bond motifs is 1. The number of aromatic nitrogens is 1. The van der Waals surface area contributed by atoms with Gasteiger partial charge in [0.15, 0.2) is 0 Å². The lowest BCUT2D eigenvalue weighted by Crippen LogP contribution is -2.14. The average molecular weight is 359 g/mol. The Morgan fingerprint density at radius 2 is 1.95 bits per heavy atom. The van der Waals surface area contributed by atoms with E-state index in [1.165, 1.54) is 0 Å². The smallest absolute Gasteiger partial charge is 0.214 e. The Morgan fingerprint density at radius 3 is 2.64 bits per heavy atom. The van der Waals surface area contributed by atoms with E-state index in [0.29, 0.717) is 0 Å². The van der Waals surface area contributed by atoms with Gasteiger partial charge in [-0.3, -0.25) is 10.1 Å². The number of nitro groups is 1. The van der Waals surface area contributed by atoms with Gasteiger partial charge in [0.05, 0.1) is 5.92 Å². The number of H-pyrrole nitrogens is 1. The fraction of sp³-hybridized carbons (Fsp3) is 0.176. The van der Waals surface area contributed by atoms with E-state index in [-0.39, 0.29) is 17.4 Å². The van der Waals surface area contributed by atoms with E-state index < -0.39 is 0 Å². The highest BCUT2D eigenvalue weighted by molar-refractivity contribution is 9.10. The van der Waals surface area contributed by atoms with Gasteiger partial charge in [-0.1, -0.05) is 46.3 Å². The highest BCUT2D eigenvalue weighted by atomic mass is 79.9. The first kappa shape index (κ1) is 14.8. The molecule has 1 N–H and O–H groups in total. The highest BCUT2D eigenvalue weighted by Gasteiger charge is 2.25. The Kier molecular flexibility index (Phi) is 3.98. The second kappa shape index (κ2) is 5.93. The average Bonchev–Trinajstić information content (AvgIpc) is 2.81. The molecule has 0 amide bonds. The molecule has 1 heterocycles. The van der Waals surface area contributed by atoms with Gasteiger partial charge < -0.3 is 4.98 Å². The Hall–Kier alpha value is -2.14.